The molecule has 2 aromatic heterocycles. The van der Waals surface area contributed by atoms with E-state index in [0.29, 0.717) is 36.3 Å². The maximum Gasteiger partial charge on any atom is 0.247 e. The fourth-order valence-corrected chi connectivity index (χ4v) is 5.35. The second-order valence-electron chi connectivity index (χ2n) is 10.4. The number of carbonyl (C=O) groups is 1. The molecule has 1 aliphatic heterocycles. The van der Waals surface area contributed by atoms with Crippen LogP contribution in [0.4, 0.5) is 23.0 Å². The van der Waals surface area contributed by atoms with Gasteiger partial charge in [-0.2, -0.15) is 0 Å². The zero-order valence-corrected chi connectivity index (χ0v) is 24.3. The number of amides is 1. The van der Waals surface area contributed by atoms with E-state index >= 15 is 0 Å². The van der Waals surface area contributed by atoms with Crippen LogP contribution in [-0.4, -0.2) is 72.8 Å². The zero-order valence-electron chi connectivity index (χ0n) is 24.3. The third kappa shape index (κ3) is 5.75. The first-order valence-corrected chi connectivity index (χ1v) is 13.6. The predicted octanol–water partition coefficient (Wildman–Crippen LogP) is 4.89. The van der Waals surface area contributed by atoms with E-state index in [1.807, 2.05) is 45.4 Å². The van der Waals surface area contributed by atoms with Gasteiger partial charge in [0.15, 0.2) is 0 Å². The Kier molecular flexibility index (Phi) is 8.23. The van der Waals surface area contributed by atoms with E-state index < -0.39 is 0 Å². The van der Waals surface area contributed by atoms with Crippen LogP contribution < -0.4 is 20.3 Å². The lowest BCUT2D eigenvalue weighted by Gasteiger charge is -2.31. The van der Waals surface area contributed by atoms with E-state index in [1.54, 1.807) is 13.3 Å². The summed E-state index contributed by atoms with van der Waals surface area (Å²) in [7, 11) is 7.68. The number of nitrogens with zero attached hydrogens (tertiary/aromatic N) is 5. The lowest BCUT2D eigenvalue weighted by molar-refractivity contribution is -0.111. The lowest BCUT2D eigenvalue weighted by Crippen LogP contribution is -2.38. The summed E-state index contributed by atoms with van der Waals surface area (Å²) >= 11 is 0. The molecule has 1 unspecified atom stereocenters. The maximum absolute atomic E-state index is 12.4. The quantitative estimate of drug-likeness (QED) is 0.267. The molecule has 0 bridgehead atoms. The number of fused-ring (bicyclic) bond motifs is 3. The first kappa shape index (κ1) is 28.1. The summed E-state index contributed by atoms with van der Waals surface area (Å²) in [5, 5.41) is 7.40. The van der Waals surface area contributed by atoms with Crippen molar-refractivity contribution < 1.29 is 14.3 Å². The topological polar surface area (TPSA) is 96.8 Å². The number of benzene rings is 2. The Morgan fingerprint density at radius 2 is 2.02 bits per heavy atom. The van der Waals surface area contributed by atoms with E-state index in [-0.39, 0.29) is 11.9 Å². The number of methoxy groups -OCH3 is 1. The van der Waals surface area contributed by atoms with E-state index in [4.69, 9.17) is 14.5 Å². The molecule has 4 aromatic rings. The van der Waals surface area contributed by atoms with Crippen molar-refractivity contribution in [3.63, 3.8) is 0 Å². The standard InChI is InChI=1S/C31H37N7O3/c1-7-29(39)33-23-16-24(28(40-6)17-26(23)37(5)20(2)18-36(3)4)35-31-32-13-12-22(34-31)30-21-10-8-9-11-25(21)38-14-15-41-19-27(30)38/h7-13,16-17,20H,1,14-15,18-19H2,2-6H3,(H,33,39)(H,32,34,35). The Bertz CT molecular complexity index is 1580. The van der Waals surface area contributed by atoms with Gasteiger partial charge in [0.1, 0.15) is 5.75 Å². The number of aromatic nitrogens is 3. The molecule has 1 aliphatic rings. The highest BCUT2D eigenvalue weighted by molar-refractivity contribution is 6.02. The molecule has 214 valence electrons. The number of carbonyl (C=O) groups excluding carboxylic acids is 1. The molecule has 3 heterocycles. The fourth-order valence-electron chi connectivity index (χ4n) is 5.35. The Hall–Kier alpha value is -4.41. The average Bonchev–Trinajstić information content (AvgIpc) is 3.31. The molecule has 0 saturated heterocycles. The maximum atomic E-state index is 12.4. The van der Waals surface area contributed by atoms with Crippen molar-refractivity contribution in [2.45, 2.75) is 26.1 Å². The lowest BCUT2D eigenvalue weighted by atomic mass is 10.1. The van der Waals surface area contributed by atoms with Gasteiger partial charge in [0.25, 0.3) is 0 Å². The summed E-state index contributed by atoms with van der Waals surface area (Å²) in [6.07, 6.45) is 2.99. The number of para-hydroxylation sites is 1. The molecule has 0 aliphatic carbocycles. The van der Waals surface area contributed by atoms with Gasteiger partial charge in [0.05, 0.1) is 48.8 Å². The highest BCUT2D eigenvalue weighted by atomic mass is 16.5. The molecule has 2 N–H and O–H groups in total. The van der Waals surface area contributed by atoms with Gasteiger partial charge in [-0.1, -0.05) is 24.8 Å². The van der Waals surface area contributed by atoms with E-state index in [1.165, 1.54) is 11.6 Å². The smallest absolute Gasteiger partial charge is 0.247 e. The molecule has 10 heteroatoms. The van der Waals surface area contributed by atoms with Crippen LogP contribution >= 0.6 is 0 Å². The average molecular weight is 556 g/mol. The highest BCUT2D eigenvalue weighted by Gasteiger charge is 2.23. The third-order valence-corrected chi connectivity index (χ3v) is 7.37. The van der Waals surface area contributed by atoms with Crippen LogP contribution in [0.1, 0.15) is 12.6 Å². The molecular formula is C31H37N7O3. The summed E-state index contributed by atoms with van der Waals surface area (Å²) < 4.78 is 13.9. The molecule has 0 saturated carbocycles. The predicted molar refractivity (Wildman–Crippen MR) is 164 cm³/mol. The first-order valence-electron chi connectivity index (χ1n) is 13.6. The number of hydrogen-bond donors (Lipinski definition) is 2. The zero-order chi connectivity index (χ0) is 29.1. The van der Waals surface area contributed by atoms with Crippen LogP contribution in [0.2, 0.25) is 0 Å². The van der Waals surface area contributed by atoms with Gasteiger partial charge in [-0.25, -0.2) is 9.97 Å². The minimum Gasteiger partial charge on any atom is -0.494 e. The Morgan fingerprint density at radius 1 is 1.22 bits per heavy atom. The summed E-state index contributed by atoms with van der Waals surface area (Å²) in [6, 6.07) is 14.2. The normalized spacial score (nSPS) is 13.5. The van der Waals surface area contributed by atoms with Crippen LogP contribution in [0.5, 0.6) is 5.75 Å². The number of ether oxygens (including phenoxy) is 2. The molecule has 0 spiro atoms. The summed E-state index contributed by atoms with van der Waals surface area (Å²) in [4.78, 5) is 26.0. The molecule has 2 aromatic carbocycles. The highest BCUT2D eigenvalue weighted by Crippen LogP contribution is 2.40. The summed E-state index contributed by atoms with van der Waals surface area (Å²) in [6.45, 7) is 8.59. The van der Waals surface area contributed by atoms with E-state index in [9.17, 15) is 4.79 Å². The summed E-state index contributed by atoms with van der Waals surface area (Å²) in [5.74, 6) is 0.695. The molecular weight excluding hydrogens is 518 g/mol. The third-order valence-electron chi connectivity index (χ3n) is 7.37. The molecule has 1 amide bonds. The van der Waals surface area contributed by atoms with E-state index in [2.05, 4.69) is 61.7 Å². The Balaban J connectivity index is 1.54. The largest absolute Gasteiger partial charge is 0.494 e. The minimum atomic E-state index is -0.304. The van der Waals surface area contributed by atoms with Crippen molar-refractivity contribution in [2.24, 2.45) is 0 Å². The second kappa shape index (κ2) is 12.0. The monoisotopic (exact) mass is 555 g/mol. The van der Waals surface area contributed by atoms with Crippen molar-refractivity contribution in [3.05, 3.63) is 67.0 Å². The number of nitrogens with one attached hydrogen (secondary N) is 2. The number of hydrogen-bond acceptors (Lipinski definition) is 8. The van der Waals surface area contributed by atoms with Crippen LogP contribution in [0.25, 0.3) is 22.2 Å². The first-order chi connectivity index (χ1) is 19.8. The van der Waals surface area contributed by atoms with Gasteiger partial charge in [-0.15, -0.1) is 0 Å². The van der Waals surface area contributed by atoms with Crippen LogP contribution in [0.3, 0.4) is 0 Å². The molecule has 0 fully saturated rings. The van der Waals surface area contributed by atoms with Crippen LogP contribution in [-0.2, 0) is 22.7 Å². The van der Waals surface area contributed by atoms with Crippen molar-refractivity contribution >= 4 is 39.8 Å². The van der Waals surface area contributed by atoms with Gasteiger partial charge in [-0.05, 0) is 45.3 Å². The second-order valence-corrected chi connectivity index (χ2v) is 10.4. The van der Waals surface area contributed by atoms with Crippen LogP contribution in [0.15, 0.2) is 61.3 Å². The van der Waals surface area contributed by atoms with Crippen molar-refractivity contribution in [1.29, 1.82) is 0 Å². The number of anilines is 4. The van der Waals surface area contributed by atoms with Gasteiger partial charge >= 0.3 is 0 Å². The van der Waals surface area contributed by atoms with Crippen molar-refractivity contribution in [1.82, 2.24) is 19.4 Å². The van der Waals surface area contributed by atoms with Gasteiger partial charge in [0.2, 0.25) is 11.9 Å². The summed E-state index contributed by atoms with van der Waals surface area (Å²) in [5.41, 5.74) is 6.17. The van der Waals surface area contributed by atoms with Crippen molar-refractivity contribution in [3.8, 4) is 17.0 Å². The number of rotatable bonds is 10. The fraction of sp³-hybridized carbons (Fsp3) is 0.323. The minimum absolute atomic E-state index is 0.167. The van der Waals surface area contributed by atoms with Gasteiger partial charge in [0, 0.05) is 54.9 Å². The van der Waals surface area contributed by atoms with Crippen molar-refractivity contribution in [2.75, 3.05) is 56.9 Å². The SMILES string of the molecule is C=CC(=O)Nc1cc(Nc2nccc(-c3c4n(c5ccccc35)CCOC4)n2)c(OC)cc1N(C)C(C)CN(C)C. The van der Waals surface area contributed by atoms with E-state index in [0.717, 1.165) is 41.1 Å². The Morgan fingerprint density at radius 3 is 2.78 bits per heavy atom. The Labute approximate surface area is 240 Å². The molecule has 10 nitrogen and oxygen atoms in total. The molecule has 1 atom stereocenters. The molecule has 41 heavy (non-hydrogen) atoms. The molecule has 5 rings (SSSR count). The van der Waals surface area contributed by atoms with Gasteiger partial charge < -0.3 is 34.5 Å². The molecule has 0 radical (unpaired) electrons. The number of likely N-dealkylation sites (N-methyl/N-ethyl adjacent to an activating group) is 2. The van der Waals surface area contributed by atoms with Crippen LogP contribution in [0, 0.1) is 0 Å². The van der Waals surface area contributed by atoms with Gasteiger partial charge in [-0.3, -0.25) is 4.79 Å².